The van der Waals surface area contributed by atoms with Crippen molar-refractivity contribution in [2.45, 2.75) is 25.4 Å². The Bertz CT molecular complexity index is 707. The molecular weight excluding hydrogens is 349 g/mol. The van der Waals surface area contributed by atoms with Crippen molar-refractivity contribution in [3.8, 4) is 0 Å². The summed E-state index contributed by atoms with van der Waals surface area (Å²) in [5.74, 6) is -0.175. The summed E-state index contributed by atoms with van der Waals surface area (Å²) in [4.78, 5) is 14.1. The van der Waals surface area contributed by atoms with Gasteiger partial charge in [0.15, 0.2) is 5.69 Å². The third kappa shape index (κ3) is 4.06. The maximum absolute atomic E-state index is 12.5. The first-order valence-corrected chi connectivity index (χ1v) is 8.61. The highest BCUT2D eigenvalue weighted by Crippen LogP contribution is 2.21. The molecule has 1 aromatic heterocycles. The third-order valence-electron chi connectivity index (χ3n) is 4.10. The molecule has 1 saturated heterocycles. The van der Waals surface area contributed by atoms with Crippen LogP contribution in [-0.4, -0.2) is 45.9 Å². The zero-order valence-corrected chi connectivity index (χ0v) is 14.9. The highest BCUT2D eigenvalue weighted by molar-refractivity contribution is 6.34. The summed E-state index contributed by atoms with van der Waals surface area (Å²) in [6, 6.07) is 5.56. The number of benzene rings is 1. The second-order valence-electron chi connectivity index (χ2n) is 6.00. The van der Waals surface area contributed by atoms with Crippen LogP contribution in [0.15, 0.2) is 24.4 Å². The Balaban J connectivity index is 1.68. The van der Waals surface area contributed by atoms with Gasteiger partial charge in [-0.2, -0.15) is 0 Å². The summed E-state index contributed by atoms with van der Waals surface area (Å²) in [6.45, 7) is 2.33. The van der Waals surface area contributed by atoms with Gasteiger partial charge in [-0.3, -0.25) is 4.79 Å². The number of amides is 1. The quantitative estimate of drug-likeness (QED) is 0.902. The van der Waals surface area contributed by atoms with Crippen LogP contribution in [0.5, 0.6) is 0 Å². The number of piperidine rings is 1. The van der Waals surface area contributed by atoms with Crippen molar-refractivity contribution in [1.29, 1.82) is 0 Å². The molecular formula is C16H19Cl2N5O. The second-order valence-corrected chi connectivity index (χ2v) is 6.88. The van der Waals surface area contributed by atoms with E-state index in [-0.39, 0.29) is 5.91 Å². The lowest BCUT2D eigenvalue weighted by Gasteiger charge is -2.22. The van der Waals surface area contributed by atoms with Gasteiger partial charge in [0, 0.05) is 23.6 Å². The lowest BCUT2D eigenvalue weighted by Crippen LogP contribution is -2.29. The van der Waals surface area contributed by atoms with Gasteiger partial charge < -0.3 is 10.2 Å². The zero-order chi connectivity index (χ0) is 17.1. The smallest absolute Gasteiger partial charge is 0.276 e. The van der Waals surface area contributed by atoms with E-state index in [1.165, 1.54) is 0 Å². The summed E-state index contributed by atoms with van der Waals surface area (Å²) >= 11 is 12.0. The molecule has 24 heavy (non-hydrogen) atoms. The highest BCUT2D eigenvalue weighted by Gasteiger charge is 2.20. The van der Waals surface area contributed by atoms with Crippen LogP contribution in [0.1, 0.15) is 34.9 Å². The van der Waals surface area contributed by atoms with Crippen LogP contribution in [0.3, 0.4) is 0 Å². The van der Waals surface area contributed by atoms with E-state index >= 15 is 0 Å². The molecule has 1 aliphatic rings. The fourth-order valence-corrected chi connectivity index (χ4v) is 3.44. The molecule has 1 aromatic carbocycles. The molecule has 0 spiro atoms. The van der Waals surface area contributed by atoms with E-state index in [2.05, 4.69) is 15.6 Å². The number of nitrogens with zero attached hydrogens (tertiary/aromatic N) is 4. The van der Waals surface area contributed by atoms with Gasteiger partial charge in [0.25, 0.3) is 5.91 Å². The minimum absolute atomic E-state index is 0.175. The lowest BCUT2D eigenvalue weighted by atomic mass is 10.1. The molecule has 8 heteroatoms. The number of carbonyl (C=O) groups excluding carboxylic acids is 1. The summed E-state index contributed by atoms with van der Waals surface area (Å²) < 4.78 is 1.80. The predicted molar refractivity (Wildman–Crippen MR) is 93.4 cm³/mol. The predicted octanol–water partition coefficient (Wildman–Crippen LogP) is 2.78. The Kier molecular flexibility index (Phi) is 5.38. The van der Waals surface area contributed by atoms with Crippen LogP contribution in [0.4, 0.5) is 0 Å². The number of hydrogen-bond acceptors (Lipinski definition) is 4. The summed E-state index contributed by atoms with van der Waals surface area (Å²) in [7, 11) is 1.72. The molecule has 0 atom stereocenters. The molecule has 3 rings (SSSR count). The summed E-state index contributed by atoms with van der Waals surface area (Å²) in [5.41, 5.74) is 1.22. The maximum atomic E-state index is 12.5. The Morgan fingerprint density at radius 2 is 1.96 bits per heavy atom. The molecule has 1 amide bonds. The average molecular weight is 368 g/mol. The van der Waals surface area contributed by atoms with Gasteiger partial charge in [-0.05, 0) is 49.7 Å². The van der Waals surface area contributed by atoms with Crippen LogP contribution in [0.25, 0.3) is 0 Å². The van der Waals surface area contributed by atoms with Crippen LogP contribution < -0.4 is 5.32 Å². The summed E-state index contributed by atoms with van der Waals surface area (Å²) in [5, 5.41) is 12.6. The topological polar surface area (TPSA) is 63.1 Å². The normalized spacial score (nSPS) is 15.5. The molecule has 2 heterocycles. The molecule has 1 N–H and O–H groups in total. The van der Waals surface area contributed by atoms with Crippen molar-refractivity contribution in [3.63, 3.8) is 0 Å². The van der Waals surface area contributed by atoms with Crippen molar-refractivity contribution >= 4 is 29.1 Å². The number of aromatic nitrogens is 3. The molecule has 2 aromatic rings. The van der Waals surface area contributed by atoms with Gasteiger partial charge in [-0.1, -0.05) is 28.4 Å². The minimum Gasteiger partial charge on any atom is -0.336 e. The van der Waals surface area contributed by atoms with Gasteiger partial charge in [-0.15, -0.1) is 5.10 Å². The molecule has 0 aliphatic carbocycles. The number of carbonyl (C=O) groups is 1. The van der Waals surface area contributed by atoms with Crippen molar-refractivity contribution in [1.82, 2.24) is 25.2 Å². The Hall–Kier alpha value is -1.63. The largest absolute Gasteiger partial charge is 0.336 e. The number of halogens is 2. The molecule has 6 nitrogen and oxygen atoms in total. The zero-order valence-electron chi connectivity index (χ0n) is 13.4. The van der Waals surface area contributed by atoms with E-state index < -0.39 is 0 Å². The second kappa shape index (κ2) is 7.51. The van der Waals surface area contributed by atoms with Crippen molar-refractivity contribution in [2.75, 3.05) is 20.1 Å². The Morgan fingerprint density at radius 1 is 1.29 bits per heavy atom. The number of nitrogens with one attached hydrogen (secondary N) is 1. The van der Waals surface area contributed by atoms with Crippen LogP contribution >= 0.6 is 23.2 Å². The minimum atomic E-state index is -0.175. The number of rotatable bonds is 4. The standard InChI is InChI=1S/C16H19Cl2N5O/c1-22(9-11-6-12(17)8-13(18)7-11)16(24)15-10-23(21-20-15)14-2-4-19-5-3-14/h6-8,10,14,19H,2-5,9H2,1H3. The van der Waals surface area contributed by atoms with Crippen LogP contribution in [0, 0.1) is 0 Å². The molecule has 0 radical (unpaired) electrons. The molecule has 0 saturated carbocycles. The number of hydrogen-bond donors (Lipinski definition) is 1. The molecule has 1 fully saturated rings. The van der Waals surface area contributed by atoms with Crippen molar-refractivity contribution < 1.29 is 4.79 Å². The van der Waals surface area contributed by atoms with Crippen molar-refractivity contribution in [2.24, 2.45) is 0 Å². The summed E-state index contributed by atoms with van der Waals surface area (Å²) in [6.07, 6.45) is 3.72. The van der Waals surface area contributed by atoms with E-state index in [1.54, 1.807) is 41.0 Å². The Morgan fingerprint density at radius 3 is 2.62 bits per heavy atom. The molecule has 0 bridgehead atoms. The van der Waals surface area contributed by atoms with Gasteiger partial charge in [0.1, 0.15) is 0 Å². The van der Waals surface area contributed by atoms with Crippen LogP contribution in [-0.2, 0) is 6.54 Å². The van der Waals surface area contributed by atoms with Gasteiger partial charge >= 0.3 is 0 Å². The molecule has 1 aliphatic heterocycles. The fraction of sp³-hybridized carbons (Fsp3) is 0.438. The molecule has 128 valence electrons. The van der Waals surface area contributed by atoms with Crippen LogP contribution in [0.2, 0.25) is 10.0 Å². The monoisotopic (exact) mass is 367 g/mol. The fourth-order valence-electron chi connectivity index (χ4n) is 2.87. The van der Waals surface area contributed by atoms with Gasteiger partial charge in [0.2, 0.25) is 0 Å². The Labute approximate surface area is 150 Å². The average Bonchev–Trinajstić information content (AvgIpc) is 3.04. The van der Waals surface area contributed by atoms with E-state index in [0.717, 1.165) is 31.5 Å². The van der Waals surface area contributed by atoms with E-state index in [0.29, 0.717) is 28.3 Å². The highest BCUT2D eigenvalue weighted by atomic mass is 35.5. The first kappa shape index (κ1) is 17.2. The maximum Gasteiger partial charge on any atom is 0.276 e. The third-order valence-corrected chi connectivity index (χ3v) is 4.54. The SMILES string of the molecule is CN(Cc1cc(Cl)cc(Cl)c1)C(=O)c1cn(C2CCNCC2)nn1. The van der Waals surface area contributed by atoms with E-state index in [9.17, 15) is 4.79 Å². The first-order valence-electron chi connectivity index (χ1n) is 7.86. The van der Waals surface area contributed by atoms with E-state index in [1.807, 2.05) is 0 Å². The van der Waals surface area contributed by atoms with Gasteiger partial charge in [-0.25, -0.2) is 4.68 Å². The van der Waals surface area contributed by atoms with Crippen molar-refractivity contribution in [3.05, 3.63) is 45.7 Å². The molecule has 0 unspecified atom stereocenters. The van der Waals surface area contributed by atoms with E-state index in [4.69, 9.17) is 23.2 Å². The first-order chi connectivity index (χ1) is 11.5. The van der Waals surface area contributed by atoms with Gasteiger partial charge in [0.05, 0.1) is 12.2 Å². The lowest BCUT2D eigenvalue weighted by molar-refractivity contribution is 0.0779.